The highest BCUT2D eigenvalue weighted by Gasteiger charge is 2.22. The molecule has 0 amide bonds. The number of aliphatic carboxylic acids is 1. The average molecular weight is 493 g/mol. The average Bonchev–Trinajstić information content (AvgIpc) is 3.39. The Labute approximate surface area is 190 Å². The number of benzene rings is 2. The summed E-state index contributed by atoms with van der Waals surface area (Å²) in [6, 6.07) is 15.0. The zero-order valence-electron chi connectivity index (χ0n) is 16.2. The first kappa shape index (κ1) is 19.7. The highest BCUT2D eigenvalue weighted by Crippen LogP contribution is 2.37. The lowest BCUT2D eigenvalue weighted by molar-refractivity contribution is -0.137. The summed E-state index contributed by atoms with van der Waals surface area (Å²) in [6.07, 6.45) is 3.66. The highest BCUT2D eigenvalue weighted by atomic mass is 79.9. The molecule has 154 valence electrons. The van der Waals surface area contributed by atoms with Crippen molar-refractivity contribution >= 4 is 60.2 Å². The van der Waals surface area contributed by atoms with Crippen LogP contribution in [0.3, 0.4) is 0 Å². The van der Waals surface area contributed by atoms with Gasteiger partial charge in [0.05, 0.1) is 5.39 Å². The number of thiophene rings is 1. The first-order chi connectivity index (χ1) is 15.1. The van der Waals surface area contributed by atoms with Crippen LogP contribution in [0.25, 0.3) is 32.2 Å². The molecule has 0 bridgehead atoms. The number of aromatic amines is 1. The fourth-order valence-corrected chi connectivity index (χ4v) is 4.89. The van der Waals surface area contributed by atoms with Gasteiger partial charge in [0.15, 0.2) is 0 Å². The van der Waals surface area contributed by atoms with Gasteiger partial charge in [-0.3, -0.25) is 0 Å². The molecule has 0 spiro atoms. The number of carbonyl (C=O) groups is 1. The van der Waals surface area contributed by atoms with Crippen LogP contribution < -0.4 is 5.32 Å². The van der Waals surface area contributed by atoms with Gasteiger partial charge < -0.3 is 15.4 Å². The molecule has 3 heterocycles. The summed E-state index contributed by atoms with van der Waals surface area (Å²) in [5.41, 5.74) is 3.93. The molecule has 0 aliphatic carbocycles. The Morgan fingerprint density at radius 1 is 1.16 bits per heavy atom. The Kier molecular flexibility index (Phi) is 5.17. The number of hydrogen-bond donors (Lipinski definition) is 3. The monoisotopic (exact) mass is 492 g/mol. The molecule has 8 heteroatoms. The summed E-state index contributed by atoms with van der Waals surface area (Å²) in [4.78, 5) is 24.9. The molecule has 5 rings (SSSR count). The van der Waals surface area contributed by atoms with Crippen molar-refractivity contribution in [2.45, 2.75) is 12.5 Å². The number of hydrogen-bond acceptors (Lipinski definition) is 5. The van der Waals surface area contributed by atoms with Crippen LogP contribution in [-0.4, -0.2) is 32.1 Å². The van der Waals surface area contributed by atoms with Crippen LogP contribution in [0.15, 0.2) is 70.9 Å². The number of halogens is 1. The second-order valence-electron chi connectivity index (χ2n) is 7.16. The standard InChI is InChI=1S/C23H17BrN4O2S/c24-15-7-5-13(6-8-15)17-11-31-22-20(17)21(26-12-27-22)28-19(23(29)30)9-14-10-25-18-4-2-1-3-16(14)18/h1-8,10-12,19,25H,9H2,(H,29,30)(H,26,27,28). The quantitative estimate of drug-likeness (QED) is 0.282. The van der Waals surface area contributed by atoms with Gasteiger partial charge in [0, 0.05) is 38.9 Å². The van der Waals surface area contributed by atoms with Crippen molar-refractivity contribution in [3.05, 3.63) is 76.5 Å². The van der Waals surface area contributed by atoms with Gasteiger partial charge in [0.2, 0.25) is 0 Å². The zero-order chi connectivity index (χ0) is 21.4. The van der Waals surface area contributed by atoms with Gasteiger partial charge in [-0.2, -0.15) is 0 Å². The molecule has 0 saturated heterocycles. The lowest BCUT2D eigenvalue weighted by atomic mass is 10.0. The van der Waals surface area contributed by atoms with E-state index in [1.54, 1.807) is 0 Å². The maximum Gasteiger partial charge on any atom is 0.326 e. The topological polar surface area (TPSA) is 90.9 Å². The van der Waals surface area contributed by atoms with Crippen molar-refractivity contribution in [1.29, 1.82) is 0 Å². The fourth-order valence-electron chi connectivity index (χ4n) is 3.71. The lowest BCUT2D eigenvalue weighted by Gasteiger charge is -2.16. The summed E-state index contributed by atoms with van der Waals surface area (Å²) in [6.45, 7) is 0. The van der Waals surface area contributed by atoms with Crippen LogP contribution >= 0.6 is 27.3 Å². The van der Waals surface area contributed by atoms with Gasteiger partial charge in [-0.05, 0) is 29.3 Å². The minimum atomic E-state index is -0.933. The third-order valence-corrected chi connectivity index (χ3v) is 6.65. The van der Waals surface area contributed by atoms with Gasteiger partial charge in [-0.1, -0.05) is 46.3 Å². The Morgan fingerprint density at radius 2 is 1.97 bits per heavy atom. The molecule has 5 aromatic rings. The highest BCUT2D eigenvalue weighted by molar-refractivity contribution is 9.10. The fraction of sp³-hybridized carbons (Fsp3) is 0.0870. The first-order valence-electron chi connectivity index (χ1n) is 9.62. The van der Waals surface area contributed by atoms with E-state index in [1.807, 2.05) is 60.1 Å². The van der Waals surface area contributed by atoms with Crippen LogP contribution in [0.5, 0.6) is 0 Å². The number of nitrogens with zero attached hydrogens (tertiary/aromatic N) is 2. The molecule has 0 fully saturated rings. The number of rotatable bonds is 6. The number of nitrogens with one attached hydrogen (secondary N) is 2. The summed E-state index contributed by atoms with van der Waals surface area (Å²) in [7, 11) is 0. The maximum absolute atomic E-state index is 12.1. The van der Waals surface area contributed by atoms with Gasteiger partial charge in [0.1, 0.15) is 23.0 Å². The molecular weight excluding hydrogens is 476 g/mol. The number of aromatic nitrogens is 3. The van der Waals surface area contributed by atoms with Crippen molar-refractivity contribution in [3.8, 4) is 11.1 Å². The minimum absolute atomic E-state index is 0.322. The Morgan fingerprint density at radius 3 is 2.77 bits per heavy atom. The van der Waals surface area contributed by atoms with Crippen molar-refractivity contribution in [2.24, 2.45) is 0 Å². The third-order valence-electron chi connectivity index (χ3n) is 5.23. The number of para-hydroxylation sites is 1. The Hall–Kier alpha value is -3.23. The van der Waals surface area contributed by atoms with E-state index >= 15 is 0 Å². The molecule has 1 unspecified atom stereocenters. The number of fused-ring (bicyclic) bond motifs is 2. The van der Waals surface area contributed by atoms with Crippen LogP contribution in [0.2, 0.25) is 0 Å². The van der Waals surface area contributed by atoms with Crippen molar-refractivity contribution in [3.63, 3.8) is 0 Å². The molecule has 3 aromatic heterocycles. The van der Waals surface area contributed by atoms with Crippen molar-refractivity contribution in [2.75, 3.05) is 5.32 Å². The van der Waals surface area contributed by atoms with E-state index in [9.17, 15) is 9.90 Å². The van der Waals surface area contributed by atoms with E-state index in [0.717, 1.165) is 42.3 Å². The molecule has 1 atom stereocenters. The summed E-state index contributed by atoms with van der Waals surface area (Å²) in [5.74, 6) is -0.408. The second-order valence-corrected chi connectivity index (χ2v) is 8.93. The van der Waals surface area contributed by atoms with Crippen LogP contribution in [0.1, 0.15) is 5.56 Å². The normalized spacial score (nSPS) is 12.3. The summed E-state index contributed by atoms with van der Waals surface area (Å²) < 4.78 is 0.995. The van der Waals surface area contributed by atoms with Crippen LogP contribution in [0, 0.1) is 0 Å². The first-order valence-corrected chi connectivity index (χ1v) is 11.3. The maximum atomic E-state index is 12.1. The number of carboxylic acids is 1. The molecule has 3 N–H and O–H groups in total. The van der Waals surface area contributed by atoms with E-state index in [1.165, 1.54) is 17.7 Å². The smallest absolute Gasteiger partial charge is 0.326 e. The van der Waals surface area contributed by atoms with E-state index in [0.29, 0.717) is 12.2 Å². The predicted octanol–water partition coefficient (Wildman–Crippen LogP) is 5.71. The largest absolute Gasteiger partial charge is 0.480 e. The zero-order valence-corrected chi connectivity index (χ0v) is 18.6. The summed E-state index contributed by atoms with van der Waals surface area (Å²) in [5, 5.41) is 17.0. The minimum Gasteiger partial charge on any atom is -0.480 e. The van der Waals surface area contributed by atoms with Crippen LogP contribution in [0.4, 0.5) is 5.82 Å². The molecule has 6 nitrogen and oxygen atoms in total. The molecule has 2 aromatic carbocycles. The molecule has 0 saturated carbocycles. The van der Waals surface area contributed by atoms with Crippen LogP contribution in [-0.2, 0) is 11.2 Å². The van der Waals surface area contributed by atoms with Crippen molar-refractivity contribution < 1.29 is 9.90 Å². The SMILES string of the molecule is O=C(O)C(Cc1c[nH]c2ccccc12)Nc1ncnc2scc(-c3ccc(Br)cc3)c12. The van der Waals surface area contributed by atoms with Gasteiger partial charge in [-0.15, -0.1) is 11.3 Å². The van der Waals surface area contributed by atoms with Gasteiger partial charge in [-0.25, -0.2) is 14.8 Å². The number of H-pyrrole nitrogens is 1. The molecule has 0 aliphatic rings. The molecule has 31 heavy (non-hydrogen) atoms. The van der Waals surface area contributed by atoms with E-state index in [4.69, 9.17) is 0 Å². The van der Waals surface area contributed by atoms with Crippen molar-refractivity contribution in [1.82, 2.24) is 15.0 Å². The van der Waals surface area contributed by atoms with E-state index < -0.39 is 12.0 Å². The number of anilines is 1. The lowest BCUT2D eigenvalue weighted by Crippen LogP contribution is -2.32. The predicted molar refractivity (Wildman–Crippen MR) is 128 cm³/mol. The Balaban J connectivity index is 1.52. The second kappa shape index (κ2) is 8.13. The number of carboxylic acid groups (broad SMARTS) is 1. The molecule has 0 radical (unpaired) electrons. The summed E-state index contributed by atoms with van der Waals surface area (Å²) >= 11 is 4.98. The molecular formula is C23H17BrN4O2S. The van der Waals surface area contributed by atoms with Gasteiger partial charge in [0.25, 0.3) is 0 Å². The third kappa shape index (κ3) is 3.80. The Bertz CT molecular complexity index is 1390. The van der Waals surface area contributed by atoms with E-state index in [-0.39, 0.29) is 0 Å². The van der Waals surface area contributed by atoms with Gasteiger partial charge >= 0.3 is 5.97 Å². The van der Waals surface area contributed by atoms with E-state index in [2.05, 4.69) is 36.2 Å². The molecule has 0 aliphatic heterocycles.